The van der Waals surface area contributed by atoms with Crippen LogP contribution in [0.3, 0.4) is 0 Å². The van der Waals surface area contributed by atoms with E-state index in [-0.39, 0.29) is 16.1 Å². The fourth-order valence-electron chi connectivity index (χ4n) is 2.13. The standard InChI is InChI=1S/C17H17BrF2O/c1-3-14(18)12-7-5-11(6-8-12)13-9-10-15(21-4-2)17(20)16(13)19/h5-10,14H,3-4H2,1-2H3. The van der Waals surface area contributed by atoms with Crippen LogP contribution in [0.1, 0.15) is 30.7 Å². The van der Waals surface area contributed by atoms with Crippen LogP contribution in [0.4, 0.5) is 8.78 Å². The monoisotopic (exact) mass is 354 g/mol. The van der Waals surface area contributed by atoms with Crippen LogP contribution in [-0.4, -0.2) is 6.61 Å². The summed E-state index contributed by atoms with van der Waals surface area (Å²) in [5.74, 6) is -1.87. The minimum Gasteiger partial charge on any atom is -0.491 e. The van der Waals surface area contributed by atoms with Crippen LogP contribution in [-0.2, 0) is 0 Å². The Morgan fingerprint density at radius 3 is 2.24 bits per heavy atom. The van der Waals surface area contributed by atoms with Crippen molar-refractivity contribution in [3.8, 4) is 16.9 Å². The first-order valence-electron chi connectivity index (χ1n) is 6.93. The zero-order chi connectivity index (χ0) is 15.4. The van der Waals surface area contributed by atoms with Gasteiger partial charge in [-0.15, -0.1) is 0 Å². The average molecular weight is 355 g/mol. The first kappa shape index (κ1) is 16.0. The second-order valence-electron chi connectivity index (χ2n) is 4.67. The lowest BCUT2D eigenvalue weighted by molar-refractivity contribution is 0.314. The van der Waals surface area contributed by atoms with Gasteiger partial charge in [-0.25, -0.2) is 4.39 Å². The van der Waals surface area contributed by atoms with Crippen LogP contribution < -0.4 is 4.74 Å². The summed E-state index contributed by atoms with van der Waals surface area (Å²) in [6.07, 6.45) is 0.964. The normalized spacial score (nSPS) is 12.2. The van der Waals surface area contributed by atoms with E-state index < -0.39 is 11.6 Å². The Hall–Kier alpha value is -1.42. The molecule has 0 aliphatic heterocycles. The van der Waals surface area contributed by atoms with Gasteiger partial charge in [0.15, 0.2) is 11.6 Å². The Balaban J connectivity index is 2.36. The predicted molar refractivity (Wildman–Crippen MR) is 84.9 cm³/mol. The zero-order valence-electron chi connectivity index (χ0n) is 12.0. The quantitative estimate of drug-likeness (QED) is 0.609. The van der Waals surface area contributed by atoms with Crippen molar-refractivity contribution in [1.82, 2.24) is 0 Å². The summed E-state index contributed by atoms with van der Waals surface area (Å²) in [7, 11) is 0. The molecule has 0 fully saturated rings. The van der Waals surface area contributed by atoms with Gasteiger partial charge in [0.1, 0.15) is 0 Å². The molecule has 0 bridgehead atoms. The van der Waals surface area contributed by atoms with E-state index in [1.807, 2.05) is 12.1 Å². The van der Waals surface area contributed by atoms with E-state index in [0.29, 0.717) is 12.2 Å². The topological polar surface area (TPSA) is 9.23 Å². The van der Waals surface area contributed by atoms with Crippen molar-refractivity contribution in [2.75, 3.05) is 6.61 Å². The summed E-state index contributed by atoms with van der Waals surface area (Å²) in [5, 5.41) is 0. The molecule has 2 aromatic carbocycles. The fourth-order valence-corrected chi connectivity index (χ4v) is 2.43. The van der Waals surface area contributed by atoms with E-state index in [1.54, 1.807) is 25.1 Å². The molecule has 1 nitrogen and oxygen atoms in total. The third-order valence-corrected chi connectivity index (χ3v) is 4.46. The highest BCUT2D eigenvalue weighted by Crippen LogP contribution is 2.32. The molecule has 2 aromatic rings. The van der Waals surface area contributed by atoms with Crippen LogP contribution in [0.25, 0.3) is 11.1 Å². The molecule has 0 N–H and O–H groups in total. The summed E-state index contributed by atoms with van der Waals surface area (Å²) in [4.78, 5) is 0.272. The molecule has 1 atom stereocenters. The minimum atomic E-state index is -0.939. The Morgan fingerprint density at radius 1 is 1.00 bits per heavy atom. The van der Waals surface area contributed by atoms with Gasteiger partial charge in [-0.3, -0.25) is 0 Å². The van der Waals surface area contributed by atoms with E-state index in [1.165, 1.54) is 6.07 Å². The summed E-state index contributed by atoms with van der Waals surface area (Å²) in [6, 6.07) is 10.5. The molecule has 21 heavy (non-hydrogen) atoms. The van der Waals surface area contributed by atoms with Gasteiger partial charge in [-0.05, 0) is 36.6 Å². The van der Waals surface area contributed by atoms with Gasteiger partial charge in [-0.1, -0.05) is 47.1 Å². The van der Waals surface area contributed by atoms with Gasteiger partial charge in [0.25, 0.3) is 0 Å². The molecular formula is C17H17BrF2O. The van der Waals surface area contributed by atoms with E-state index in [9.17, 15) is 8.78 Å². The predicted octanol–water partition coefficient (Wildman–Crippen LogP) is 5.88. The van der Waals surface area contributed by atoms with Crippen molar-refractivity contribution in [3.63, 3.8) is 0 Å². The van der Waals surface area contributed by atoms with E-state index in [0.717, 1.165) is 12.0 Å². The Labute approximate surface area is 132 Å². The van der Waals surface area contributed by atoms with Crippen molar-refractivity contribution >= 4 is 15.9 Å². The number of benzene rings is 2. The third kappa shape index (κ3) is 3.43. The van der Waals surface area contributed by atoms with E-state index >= 15 is 0 Å². The molecule has 1 unspecified atom stereocenters. The van der Waals surface area contributed by atoms with Crippen molar-refractivity contribution in [3.05, 3.63) is 53.6 Å². The highest BCUT2D eigenvalue weighted by molar-refractivity contribution is 9.09. The second-order valence-corrected chi connectivity index (χ2v) is 5.78. The summed E-state index contributed by atoms with van der Waals surface area (Å²) >= 11 is 3.57. The third-order valence-electron chi connectivity index (χ3n) is 3.29. The Bertz CT molecular complexity index is 611. The number of alkyl halides is 1. The van der Waals surface area contributed by atoms with Gasteiger partial charge in [-0.2, -0.15) is 4.39 Å². The largest absolute Gasteiger partial charge is 0.491 e. The Morgan fingerprint density at radius 2 is 1.67 bits per heavy atom. The number of rotatable bonds is 5. The van der Waals surface area contributed by atoms with Crippen LogP contribution in [0.5, 0.6) is 5.75 Å². The first-order valence-corrected chi connectivity index (χ1v) is 7.85. The first-order chi connectivity index (χ1) is 10.1. The molecule has 2 rings (SSSR count). The van der Waals surface area contributed by atoms with Crippen LogP contribution in [0.15, 0.2) is 36.4 Å². The smallest absolute Gasteiger partial charge is 0.201 e. The van der Waals surface area contributed by atoms with Crippen molar-refractivity contribution in [2.45, 2.75) is 25.1 Å². The maximum atomic E-state index is 14.1. The fraction of sp³-hybridized carbons (Fsp3) is 0.294. The summed E-state index contributed by atoms with van der Waals surface area (Å²) in [6.45, 7) is 4.11. The molecule has 0 spiro atoms. The lowest BCUT2D eigenvalue weighted by Crippen LogP contribution is -1.98. The van der Waals surface area contributed by atoms with Gasteiger partial charge in [0, 0.05) is 10.4 Å². The van der Waals surface area contributed by atoms with Crippen LogP contribution in [0.2, 0.25) is 0 Å². The molecule has 0 saturated carbocycles. The minimum absolute atomic E-state index is 0.0538. The van der Waals surface area contributed by atoms with Crippen molar-refractivity contribution < 1.29 is 13.5 Å². The summed E-state index contributed by atoms with van der Waals surface area (Å²) in [5.41, 5.74) is 2.01. The Kier molecular flexibility index (Phi) is 5.34. The zero-order valence-corrected chi connectivity index (χ0v) is 13.6. The molecule has 0 heterocycles. The van der Waals surface area contributed by atoms with E-state index in [2.05, 4.69) is 22.9 Å². The maximum absolute atomic E-state index is 14.1. The number of hydrogen-bond acceptors (Lipinski definition) is 1. The number of ether oxygens (including phenoxy) is 1. The molecule has 0 aromatic heterocycles. The summed E-state index contributed by atoms with van der Waals surface area (Å²) < 4.78 is 33.1. The van der Waals surface area contributed by atoms with Gasteiger partial charge < -0.3 is 4.74 Å². The van der Waals surface area contributed by atoms with Gasteiger partial charge >= 0.3 is 0 Å². The molecule has 0 amide bonds. The lowest BCUT2D eigenvalue weighted by Gasteiger charge is -2.11. The molecule has 4 heteroatoms. The molecule has 0 saturated heterocycles. The average Bonchev–Trinajstić information content (AvgIpc) is 2.52. The van der Waals surface area contributed by atoms with Crippen molar-refractivity contribution in [1.29, 1.82) is 0 Å². The number of hydrogen-bond donors (Lipinski definition) is 0. The highest BCUT2D eigenvalue weighted by Gasteiger charge is 2.15. The van der Waals surface area contributed by atoms with Gasteiger partial charge in [0.05, 0.1) is 6.61 Å². The molecule has 0 aliphatic rings. The molecular weight excluding hydrogens is 338 g/mol. The number of halogens is 3. The van der Waals surface area contributed by atoms with Crippen molar-refractivity contribution in [2.24, 2.45) is 0 Å². The van der Waals surface area contributed by atoms with Gasteiger partial charge in [0.2, 0.25) is 5.82 Å². The second kappa shape index (κ2) is 7.03. The molecule has 112 valence electrons. The SMILES string of the molecule is CCOc1ccc(-c2ccc(C(Br)CC)cc2)c(F)c1F. The maximum Gasteiger partial charge on any atom is 0.201 e. The lowest BCUT2D eigenvalue weighted by atomic mass is 10.0. The highest BCUT2D eigenvalue weighted by atomic mass is 79.9. The van der Waals surface area contributed by atoms with Crippen LogP contribution in [0, 0.1) is 11.6 Å². The molecule has 0 aliphatic carbocycles. The van der Waals surface area contributed by atoms with Crippen LogP contribution >= 0.6 is 15.9 Å². The van der Waals surface area contributed by atoms with E-state index in [4.69, 9.17) is 4.74 Å². The molecule has 0 radical (unpaired) electrons.